The van der Waals surface area contributed by atoms with Crippen LogP contribution in [0.15, 0.2) is 30.7 Å². The van der Waals surface area contributed by atoms with Crippen LogP contribution < -0.4 is 9.80 Å². The summed E-state index contributed by atoms with van der Waals surface area (Å²) in [6.45, 7) is 6.03. The van der Waals surface area contributed by atoms with Crippen LogP contribution in [-0.4, -0.2) is 66.4 Å². The minimum Gasteiger partial charge on any atom is -0.378 e. The van der Waals surface area contributed by atoms with Crippen molar-refractivity contribution in [2.45, 2.75) is 31.6 Å². The molecule has 2 atom stereocenters. The average molecular weight is 355 g/mol. The number of fused-ring (bicyclic) bond motifs is 2. The molecular weight excluding hydrogens is 330 g/mol. The van der Waals surface area contributed by atoms with Crippen molar-refractivity contribution in [2.24, 2.45) is 0 Å². The Labute approximate surface area is 153 Å². The lowest BCUT2D eigenvalue weighted by molar-refractivity contribution is 0.0302. The van der Waals surface area contributed by atoms with Crippen LogP contribution in [0.4, 0.5) is 11.5 Å². The van der Waals surface area contributed by atoms with E-state index in [1.807, 2.05) is 29.3 Å². The maximum absolute atomic E-state index is 5.98. The van der Waals surface area contributed by atoms with Crippen molar-refractivity contribution in [1.29, 1.82) is 0 Å². The number of hydrogen-bond acceptors (Lipinski definition) is 6. The molecule has 3 fully saturated rings. The predicted molar refractivity (Wildman–Crippen MR) is 98.7 cm³/mol. The van der Waals surface area contributed by atoms with Crippen molar-refractivity contribution in [1.82, 2.24) is 14.8 Å². The smallest absolute Gasteiger partial charge is 0.130 e. The van der Waals surface area contributed by atoms with Gasteiger partial charge >= 0.3 is 0 Å². The van der Waals surface area contributed by atoms with E-state index in [4.69, 9.17) is 14.5 Å². The second kappa shape index (κ2) is 6.89. The number of pyridine rings is 1. The van der Waals surface area contributed by atoms with Gasteiger partial charge in [0.05, 0.1) is 32.0 Å². The van der Waals surface area contributed by atoms with Crippen LogP contribution in [-0.2, 0) is 16.0 Å². The first-order valence-electron chi connectivity index (χ1n) is 9.54. The van der Waals surface area contributed by atoms with Crippen LogP contribution in [0.3, 0.4) is 0 Å². The summed E-state index contributed by atoms with van der Waals surface area (Å²) in [6, 6.07) is 4.22. The molecule has 26 heavy (non-hydrogen) atoms. The van der Waals surface area contributed by atoms with Gasteiger partial charge in [0.15, 0.2) is 0 Å². The normalized spacial score (nSPS) is 25.7. The summed E-state index contributed by atoms with van der Waals surface area (Å²) < 4.78 is 13.5. The molecule has 0 radical (unpaired) electrons. The first-order valence-corrected chi connectivity index (χ1v) is 9.54. The van der Waals surface area contributed by atoms with E-state index < -0.39 is 0 Å². The fourth-order valence-electron chi connectivity index (χ4n) is 4.23. The molecule has 2 aromatic heterocycles. The lowest BCUT2D eigenvalue weighted by Gasteiger charge is -2.35. The van der Waals surface area contributed by atoms with Gasteiger partial charge in [0.2, 0.25) is 0 Å². The van der Waals surface area contributed by atoms with Crippen LogP contribution in [0.1, 0.15) is 18.4 Å². The minimum atomic E-state index is 0.367. The fraction of sp³-hybridized carbons (Fsp3) is 0.579. The van der Waals surface area contributed by atoms with E-state index >= 15 is 0 Å². The van der Waals surface area contributed by atoms with Gasteiger partial charge < -0.3 is 19.3 Å². The third-order valence-electron chi connectivity index (χ3n) is 5.56. The van der Waals surface area contributed by atoms with Crippen LogP contribution in [0.25, 0.3) is 0 Å². The Bertz CT molecular complexity index is 732. The van der Waals surface area contributed by atoms with Gasteiger partial charge in [-0.05, 0) is 18.9 Å². The summed E-state index contributed by atoms with van der Waals surface area (Å²) in [5, 5.41) is 4.36. The molecule has 0 aliphatic carbocycles. The topological polar surface area (TPSA) is 55.7 Å². The van der Waals surface area contributed by atoms with Crippen LogP contribution in [0, 0.1) is 0 Å². The highest BCUT2D eigenvalue weighted by molar-refractivity contribution is 5.60. The monoisotopic (exact) mass is 355 g/mol. The molecule has 2 aromatic rings. The maximum Gasteiger partial charge on any atom is 0.130 e. The molecule has 5 rings (SSSR count). The highest BCUT2D eigenvalue weighted by atomic mass is 16.5. The standard InChI is InChI=1S/C19H25N5O2/c1-4-21-24(5-1)12-15-11-20-19(10-18(15)22-6-8-25-9-7-22)23-13-16-2-3-17(14-23)26-16/h1,4-5,10-11,16-17H,2-3,6-9,12-14H2. The van der Waals surface area contributed by atoms with Gasteiger partial charge in [-0.2, -0.15) is 5.10 Å². The Balaban J connectivity index is 1.45. The number of ether oxygens (including phenoxy) is 2. The van der Waals surface area contributed by atoms with E-state index in [2.05, 4.69) is 21.0 Å². The van der Waals surface area contributed by atoms with E-state index in [0.29, 0.717) is 12.2 Å². The molecule has 138 valence electrons. The molecule has 0 amide bonds. The van der Waals surface area contributed by atoms with Gasteiger partial charge in [-0.15, -0.1) is 0 Å². The number of hydrogen-bond donors (Lipinski definition) is 0. The molecule has 7 nitrogen and oxygen atoms in total. The Morgan fingerprint density at radius 1 is 1.08 bits per heavy atom. The molecular formula is C19H25N5O2. The molecule has 2 bridgehead atoms. The van der Waals surface area contributed by atoms with Crippen molar-refractivity contribution < 1.29 is 9.47 Å². The van der Waals surface area contributed by atoms with Gasteiger partial charge in [0, 0.05) is 62.1 Å². The zero-order valence-corrected chi connectivity index (χ0v) is 15.0. The second-order valence-electron chi connectivity index (χ2n) is 7.34. The van der Waals surface area contributed by atoms with Crippen molar-refractivity contribution in [3.05, 3.63) is 36.3 Å². The summed E-state index contributed by atoms with van der Waals surface area (Å²) >= 11 is 0. The number of aromatic nitrogens is 3. The molecule has 7 heteroatoms. The van der Waals surface area contributed by atoms with Gasteiger partial charge in [-0.3, -0.25) is 4.68 Å². The molecule has 2 unspecified atom stereocenters. The highest BCUT2D eigenvalue weighted by Crippen LogP contribution is 2.32. The molecule has 3 aliphatic heterocycles. The number of rotatable bonds is 4. The fourth-order valence-corrected chi connectivity index (χ4v) is 4.23. The molecule has 0 spiro atoms. The van der Waals surface area contributed by atoms with Crippen molar-refractivity contribution in [2.75, 3.05) is 49.2 Å². The summed E-state index contributed by atoms with van der Waals surface area (Å²) in [4.78, 5) is 9.62. The van der Waals surface area contributed by atoms with Crippen LogP contribution in [0.5, 0.6) is 0 Å². The second-order valence-corrected chi connectivity index (χ2v) is 7.34. The molecule has 3 aliphatic rings. The summed E-state index contributed by atoms with van der Waals surface area (Å²) in [6.07, 6.45) is 8.93. The zero-order chi connectivity index (χ0) is 17.3. The number of morpholine rings is 2. The van der Waals surface area contributed by atoms with E-state index in [0.717, 1.165) is 51.8 Å². The molecule has 5 heterocycles. The first kappa shape index (κ1) is 16.1. The van der Waals surface area contributed by atoms with Gasteiger partial charge in [-0.1, -0.05) is 0 Å². The summed E-state index contributed by atoms with van der Waals surface area (Å²) in [7, 11) is 0. The third-order valence-corrected chi connectivity index (χ3v) is 5.56. The highest BCUT2D eigenvalue weighted by Gasteiger charge is 2.34. The maximum atomic E-state index is 5.98. The molecule has 0 saturated carbocycles. The van der Waals surface area contributed by atoms with E-state index in [1.165, 1.54) is 24.1 Å². The Morgan fingerprint density at radius 3 is 2.62 bits per heavy atom. The minimum absolute atomic E-state index is 0.367. The predicted octanol–water partition coefficient (Wildman–Crippen LogP) is 1.53. The van der Waals surface area contributed by atoms with Crippen molar-refractivity contribution >= 4 is 11.5 Å². The first-order chi connectivity index (χ1) is 12.8. The largest absolute Gasteiger partial charge is 0.378 e. The summed E-state index contributed by atoms with van der Waals surface area (Å²) in [5.41, 5.74) is 2.46. The van der Waals surface area contributed by atoms with Gasteiger partial charge in [0.25, 0.3) is 0 Å². The average Bonchev–Trinajstić information content (AvgIpc) is 3.32. The summed E-state index contributed by atoms with van der Waals surface area (Å²) in [5.74, 6) is 1.07. The Kier molecular flexibility index (Phi) is 4.26. The Hall–Kier alpha value is -2.12. The van der Waals surface area contributed by atoms with Crippen molar-refractivity contribution in [3.8, 4) is 0 Å². The van der Waals surface area contributed by atoms with Crippen LogP contribution >= 0.6 is 0 Å². The van der Waals surface area contributed by atoms with Crippen molar-refractivity contribution in [3.63, 3.8) is 0 Å². The van der Waals surface area contributed by atoms with E-state index in [1.54, 1.807) is 0 Å². The molecule has 0 N–H and O–H groups in total. The van der Waals surface area contributed by atoms with E-state index in [9.17, 15) is 0 Å². The van der Waals surface area contributed by atoms with Gasteiger partial charge in [-0.25, -0.2) is 4.98 Å². The van der Waals surface area contributed by atoms with Crippen LogP contribution in [0.2, 0.25) is 0 Å². The zero-order valence-electron chi connectivity index (χ0n) is 15.0. The SMILES string of the molecule is c1cnn(Cc2cnc(N3CC4CCC(C3)O4)cc2N2CCOCC2)c1. The van der Waals surface area contributed by atoms with E-state index in [-0.39, 0.29) is 0 Å². The lowest BCUT2D eigenvalue weighted by Crippen LogP contribution is -2.43. The molecule has 0 aromatic carbocycles. The quantitative estimate of drug-likeness (QED) is 0.829. The number of nitrogens with zero attached hydrogens (tertiary/aromatic N) is 5. The Morgan fingerprint density at radius 2 is 1.88 bits per heavy atom. The third kappa shape index (κ3) is 3.17. The van der Waals surface area contributed by atoms with Gasteiger partial charge in [0.1, 0.15) is 5.82 Å². The number of anilines is 2. The lowest BCUT2D eigenvalue weighted by atomic mass is 10.1. The molecule has 3 saturated heterocycles.